The molecule has 31 heavy (non-hydrogen) atoms. The van der Waals surface area contributed by atoms with Gasteiger partial charge in [-0.15, -0.1) is 0 Å². The highest BCUT2D eigenvalue weighted by Gasteiger charge is 2.18. The number of aryl methyl sites for hydroxylation is 2. The summed E-state index contributed by atoms with van der Waals surface area (Å²) in [5.74, 6) is 1.15. The van der Waals surface area contributed by atoms with E-state index in [0.717, 1.165) is 6.07 Å². The molecule has 0 bridgehead atoms. The standard InChI is InChI=1S/C21H19FN6O2S/c1-14-4-5-16(22)12-19(14)31(29,30)27-18-8-6-17(7-9-18)26-20-13-21(25-15(2)24-20)28-11-3-10-23-28/h3-13,27H,1-2H3,(H,24,25,26). The van der Waals surface area contributed by atoms with Crippen molar-refractivity contribution in [1.29, 1.82) is 0 Å². The molecule has 0 atom stereocenters. The molecule has 2 heterocycles. The van der Waals surface area contributed by atoms with Crippen molar-refractivity contribution in [3.8, 4) is 5.82 Å². The van der Waals surface area contributed by atoms with Gasteiger partial charge in [-0.1, -0.05) is 6.07 Å². The molecule has 8 nitrogen and oxygen atoms in total. The Morgan fingerprint density at radius 3 is 2.42 bits per heavy atom. The van der Waals surface area contributed by atoms with Crippen LogP contribution < -0.4 is 10.0 Å². The molecule has 0 amide bonds. The highest BCUT2D eigenvalue weighted by Crippen LogP contribution is 2.23. The number of hydrogen-bond acceptors (Lipinski definition) is 6. The second kappa shape index (κ2) is 8.15. The first-order valence-electron chi connectivity index (χ1n) is 9.32. The van der Waals surface area contributed by atoms with Crippen LogP contribution in [0.15, 0.2) is 71.9 Å². The number of halogens is 1. The predicted molar refractivity (Wildman–Crippen MR) is 116 cm³/mol. The van der Waals surface area contributed by atoms with Crippen molar-refractivity contribution in [2.24, 2.45) is 0 Å². The van der Waals surface area contributed by atoms with Crippen LogP contribution in [0.3, 0.4) is 0 Å². The number of benzene rings is 2. The van der Waals surface area contributed by atoms with Gasteiger partial charge < -0.3 is 5.32 Å². The quantitative estimate of drug-likeness (QED) is 0.472. The van der Waals surface area contributed by atoms with Gasteiger partial charge in [0.15, 0.2) is 5.82 Å². The average molecular weight is 438 g/mol. The summed E-state index contributed by atoms with van der Waals surface area (Å²) in [6.45, 7) is 3.40. The van der Waals surface area contributed by atoms with E-state index >= 15 is 0 Å². The van der Waals surface area contributed by atoms with E-state index in [9.17, 15) is 12.8 Å². The molecule has 0 saturated carbocycles. The summed E-state index contributed by atoms with van der Waals surface area (Å²) in [6, 6.07) is 13.8. The summed E-state index contributed by atoms with van der Waals surface area (Å²) in [7, 11) is -3.92. The summed E-state index contributed by atoms with van der Waals surface area (Å²) in [4.78, 5) is 8.63. The van der Waals surface area contributed by atoms with Crippen LogP contribution >= 0.6 is 0 Å². The van der Waals surface area contributed by atoms with Crippen molar-refractivity contribution >= 4 is 27.2 Å². The second-order valence-electron chi connectivity index (χ2n) is 6.83. The van der Waals surface area contributed by atoms with Gasteiger partial charge in [-0.2, -0.15) is 5.10 Å². The van der Waals surface area contributed by atoms with Crippen molar-refractivity contribution in [2.45, 2.75) is 18.7 Å². The Kier molecular flexibility index (Phi) is 5.38. The summed E-state index contributed by atoms with van der Waals surface area (Å²) in [5.41, 5.74) is 1.51. The molecular formula is C21H19FN6O2S. The summed E-state index contributed by atoms with van der Waals surface area (Å²) in [6.07, 6.45) is 3.45. The lowest BCUT2D eigenvalue weighted by atomic mass is 10.2. The largest absolute Gasteiger partial charge is 0.340 e. The second-order valence-corrected chi connectivity index (χ2v) is 8.48. The molecule has 10 heteroatoms. The average Bonchev–Trinajstić information content (AvgIpc) is 3.26. The molecule has 0 radical (unpaired) electrons. The van der Waals surface area contributed by atoms with Crippen molar-refractivity contribution in [3.63, 3.8) is 0 Å². The molecular weight excluding hydrogens is 419 g/mol. The maximum absolute atomic E-state index is 13.5. The molecule has 2 aromatic carbocycles. The van der Waals surface area contributed by atoms with Gasteiger partial charge in [0, 0.05) is 29.8 Å². The lowest BCUT2D eigenvalue weighted by molar-refractivity contribution is 0.594. The van der Waals surface area contributed by atoms with Gasteiger partial charge in [-0.25, -0.2) is 27.5 Å². The molecule has 0 aliphatic carbocycles. The minimum absolute atomic E-state index is 0.0997. The molecule has 4 aromatic rings. The fourth-order valence-corrected chi connectivity index (χ4v) is 4.30. The zero-order valence-electron chi connectivity index (χ0n) is 16.7. The summed E-state index contributed by atoms with van der Waals surface area (Å²) in [5, 5.41) is 7.33. The first kappa shape index (κ1) is 20.5. The van der Waals surface area contributed by atoms with Gasteiger partial charge in [-0.05, 0) is 61.9 Å². The Balaban J connectivity index is 1.52. The SMILES string of the molecule is Cc1nc(Nc2ccc(NS(=O)(=O)c3cc(F)ccc3C)cc2)cc(-n2cccn2)n1. The monoisotopic (exact) mass is 438 g/mol. The molecule has 2 aromatic heterocycles. The van der Waals surface area contributed by atoms with E-state index in [4.69, 9.17) is 0 Å². The maximum atomic E-state index is 13.5. The summed E-state index contributed by atoms with van der Waals surface area (Å²) >= 11 is 0. The molecule has 0 saturated heterocycles. The molecule has 0 unspecified atom stereocenters. The molecule has 4 rings (SSSR count). The van der Waals surface area contributed by atoms with E-state index in [1.54, 1.807) is 67.3 Å². The third-order valence-electron chi connectivity index (χ3n) is 4.41. The smallest absolute Gasteiger partial charge is 0.262 e. The van der Waals surface area contributed by atoms with Crippen molar-refractivity contribution in [2.75, 3.05) is 10.0 Å². The minimum Gasteiger partial charge on any atom is -0.340 e. The Labute approximate surface area is 178 Å². The molecule has 0 spiro atoms. The van der Waals surface area contributed by atoms with E-state index in [1.165, 1.54) is 12.1 Å². The first-order valence-corrected chi connectivity index (χ1v) is 10.8. The van der Waals surface area contributed by atoms with Crippen molar-refractivity contribution in [1.82, 2.24) is 19.7 Å². The van der Waals surface area contributed by atoms with E-state index in [0.29, 0.717) is 34.4 Å². The fraction of sp³-hybridized carbons (Fsp3) is 0.0952. The Hall–Kier alpha value is -3.79. The highest BCUT2D eigenvalue weighted by atomic mass is 32.2. The number of nitrogens with zero attached hydrogens (tertiary/aromatic N) is 4. The predicted octanol–water partition coefficient (Wildman–Crippen LogP) is 3.96. The number of aromatic nitrogens is 4. The maximum Gasteiger partial charge on any atom is 0.262 e. The van der Waals surface area contributed by atoms with Gasteiger partial charge in [0.2, 0.25) is 0 Å². The van der Waals surface area contributed by atoms with E-state index in [-0.39, 0.29) is 4.90 Å². The topological polar surface area (TPSA) is 102 Å². The zero-order chi connectivity index (χ0) is 22.0. The fourth-order valence-electron chi connectivity index (χ4n) is 2.98. The Bertz CT molecular complexity index is 1320. The lowest BCUT2D eigenvalue weighted by Crippen LogP contribution is -2.14. The van der Waals surface area contributed by atoms with Gasteiger partial charge >= 0.3 is 0 Å². The third kappa shape index (κ3) is 4.69. The molecule has 158 valence electrons. The van der Waals surface area contributed by atoms with Gasteiger partial charge in [0.05, 0.1) is 4.90 Å². The van der Waals surface area contributed by atoms with E-state index in [2.05, 4.69) is 25.1 Å². The van der Waals surface area contributed by atoms with Crippen LogP contribution in [-0.4, -0.2) is 28.2 Å². The van der Waals surface area contributed by atoms with Crippen LogP contribution in [0, 0.1) is 19.7 Å². The Morgan fingerprint density at radius 1 is 0.968 bits per heavy atom. The van der Waals surface area contributed by atoms with Crippen LogP contribution in [0.25, 0.3) is 5.82 Å². The molecule has 0 aliphatic heterocycles. The van der Waals surface area contributed by atoms with Crippen LogP contribution in [0.5, 0.6) is 0 Å². The highest BCUT2D eigenvalue weighted by molar-refractivity contribution is 7.92. The van der Waals surface area contributed by atoms with Crippen LogP contribution in [0.4, 0.5) is 21.6 Å². The third-order valence-corrected chi connectivity index (χ3v) is 5.94. The number of nitrogens with one attached hydrogen (secondary N) is 2. The van der Waals surface area contributed by atoms with Crippen molar-refractivity contribution < 1.29 is 12.8 Å². The lowest BCUT2D eigenvalue weighted by Gasteiger charge is -2.12. The minimum atomic E-state index is -3.92. The van der Waals surface area contributed by atoms with Gasteiger partial charge in [-0.3, -0.25) is 4.72 Å². The van der Waals surface area contributed by atoms with Crippen molar-refractivity contribution in [3.05, 3.63) is 84.2 Å². The van der Waals surface area contributed by atoms with Gasteiger partial charge in [0.25, 0.3) is 10.0 Å². The molecule has 2 N–H and O–H groups in total. The first-order chi connectivity index (χ1) is 14.8. The Morgan fingerprint density at radius 2 is 1.71 bits per heavy atom. The normalized spacial score (nSPS) is 11.3. The van der Waals surface area contributed by atoms with Gasteiger partial charge in [0.1, 0.15) is 17.5 Å². The van der Waals surface area contributed by atoms with Crippen LogP contribution in [0.1, 0.15) is 11.4 Å². The van der Waals surface area contributed by atoms with Crippen LogP contribution in [-0.2, 0) is 10.0 Å². The van der Waals surface area contributed by atoms with E-state index in [1.807, 2.05) is 0 Å². The molecule has 0 fully saturated rings. The number of sulfonamides is 1. The molecule has 0 aliphatic rings. The van der Waals surface area contributed by atoms with E-state index < -0.39 is 15.8 Å². The number of rotatable bonds is 6. The van der Waals surface area contributed by atoms with Crippen LogP contribution in [0.2, 0.25) is 0 Å². The number of anilines is 3. The zero-order valence-corrected chi connectivity index (χ0v) is 17.6. The number of hydrogen-bond donors (Lipinski definition) is 2. The summed E-state index contributed by atoms with van der Waals surface area (Å²) < 4.78 is 42.8.